The minimum atomic E-state index is -0.921. The molecule has 16 heavy (non-hydrogen) atoms. The van der Waals surface area contributed by atoms with Crippen molar-refractivity contribution in [2.45, 2.75) is 6.42 Å². The molecule has 6 nitrogen and oxygen atoms in total. The Morgan fingerprint density at radius 2 is 2.00 bits per heavy atom. The molecule has 0 aromatic rings. The van der Waals surface area contributed by atoms with E-state index in [0.29, 0.717) is 26.2 Å². The molecule has 3 N–H and O–H groups in total. The first kappa shape index (κ1) is 15.2. The maximum atomic E-state index is 11.1. The average Bonchev–Trinajstić information content (AvgIpc) is 2.22. The topological polar surface area (TPSA) is 95.9 Å². The quantitative estimate of drug-likeness (QED) is 0.445. The van der Waals surface area contributed by atoms with E-state index in [1.54, 1.807) is 0 Å². The number of amides is 1. The molecule has 0 rings (SSSR count). The smallest absolute Gasteiger partial charge is 0.313 e. The molecule has 0 saturated heterocycles. The predicted molar refractivity (Wildman–Crippen MR) is 60.5 cm³/mol. The number of carboxylic acid groups (broad SMARTS) is 1. The Balaban J connectivity index is 3.20. The molecule has 0 saturated carbocycles. The first-order chi connectivity index (χ1) is 7.66. The van der Waals surface area contributed by atoms with Gasteiger partial charge in [0, 0.05) is 13.2 Å². The van der Waals surface area contributed by atoms with Crippen molar-refractivity contribution in [1.82, 2.24) is 5.32 Å². The summed E-state index contributed by atoms with van der Waals surface area (Å²) in [7, 11) is 0. The molecule has 0 aliphatic heterocycles. The van der Waals surface area contributed by atoms with Gasteiger partial charge in [0.15, 0.2) is 0 Å². The summed E-state index contributed by atoms with van der Waals surface area (Å²) in [4.78, 5) is 21.3. The van der Waals surface area contributed by atoms with E-state index < -0.39 is 5.97 Å². The van der Waals surface area contributed by atoms with Crippen molar-refractivity contribution in [3.8, 4) is 0 Å². The van der Waals surface area contributed by atoms with Gasteiger partial charge >= 0.3 is 5.97 Å². The number of rotatable bonds is 10. The van der Waals surface area contributed by atoms with Gasteiger partial charge in [0.1, 0.15) is 0 Å². The Bertz CT molecular complexity index is 212. The van der Waals surface area contributed by atoms with E-state index >= 15 is 0 Å². The SMILES string of the molecule is O=C(O)CSCC(=O)NCCCOCCO. The van der Waals surface area contributed by atoms with Gasteiger partial charge in [-0.3, -0.25) is 9.59 Å². The van der Waals surface area contributed by atoms with Crippen LogP contribution in [0.15, 0.2) is 0 Å². The Hall–Kier alpha value is -0.790. The summed E-state index contributed by atoms with van der Waals surface area (Å²) in [5.74, 6) is -1.000. The number of aliphatic carboxylic acids is 1. The normalized spacial score (nSPS) is 10.1. The summed E-state index contributed by atoms with van der Waals surface area (Å²) in [5.41, 5.74) is 0. The monoisotopic (exact) mass is 251 g/mol. The molecule has 0 atom stereocenters. The Morgan fingerprint density at radius 3 is 2.62 bits per heavy atom. The summed E-state index contributed by atoms with van der Waals surface area (Å²) >= 11 is 1.07. The Labute approximate surface area is 98.4 Å². The summed E-state index contributed by atoms with van der Waals surface area (Å²) in [6, 6.07) is 0. The molecule has 0 aromatic carbocycles. The van der Waals surface area contributed by atoms with Crippen LogP contribution in [0.1, 0.15) is 6.42 Å². The Morgan fingerprint density at radius 1 is 1.25 bits per heavy atom. The molecule has 0 fully saturated rings. The molecule has 0 bridgehead atoms. The lowest BCUT2D eigenvalue weighted by atomic mass is 10.4. The second-order valence-corrected chi connectivity index (χ2v) is 3.91. The van der Waals surface area contributed by atoms with Gasteiger partial charge in [-0.15, -0.1) is 11.8 Å². The fourth-order valence-electron chi connectivity index (χ4n) is 0.851. The van der Waals surface area contributed by atoms with Gasteiger partial charge < -0.3 is 20.3 Å². The molecule has 7 heteroatoms. The van der Waals surface area contributed by atoms with E-state index in [0.717, 1.165) is 11.8 Å². The third-order valence-electron chi connectivity index (χ3n) is 1.48. The van der Waals surface area contributed by atoms with Gasteiger partial charge in [0.25, 0.3) is 0 Å². The minimum Gasteiger partial charge on any atom is -0.481 e. The van der Waals surface area contributed by atoms with E-state index in [1.165, 1.54) is 0 Å². The number of carboxylic acids is 1. The van der Waals surface area contributed by atoms with Crippen molar-refractivity contribution in [3.05, 3.63) is 0 Å². The standard InChI is InChI=1S/C9H17NO5S/c11-3-5-15-4-1-2-10-8(12)6-16-7-9(13)14/h11H,1-7H2,(H,10,12)(H,13,14). The first-order valence-electron chi connectivity index (χ1n) is 4.91. The van der Waals surface area contributed by atoms with Crippen LogP contribution < -0.4 is 5.32 Å². The lowest BCUT2D eigenvalue weighted by Gasteiger charge is -2.04. The molecular formula is C9H17NO5S. The van der Waals surface area contributed by atoms with E-state index in [9.17, 15) is 9.59 Å². The second kappa shape index (κ2) is 10.7. The van der Waals surface area contributed by atoms with Crippen LogP contribution in [-0.2, 0) is 14.3 Å². The summed E-state index contributed by atoms with van der Waals surface area (Å²) in [6.07, 6.45) is 0.676. The predicted octanol–water partition coefficient (Wildman–Crippen LogP) is -0.681. The van der Waals surface area contributed by atoms with Gasteiger partial charge in [0.2, 0.25) is 5.91 Å². The number of carbonyl (C=O) groups is 2. The highest BCUT2D eigenvalue weighted by Crippen LogP contribution is 1.97. The summed E-state index contributed by atoms with van der Waals surface area (Å²) < 4.78 is 4.99. The first-order valence-corrected chi connectivity index (χ1v) is 6.07. The summed E-state index contributed by atoms with van der Waals surface area (Å²) in [5, 5.41) is 19.4. The largest absolute Gasteiger partial charge is 0.481 e. The van der Waals surface area contributed by atoms with Crippen LogP contribution in [0.4, 0.5) is 0 Å². The maximum absolute atomic E-state index is 11.1. The number of nitrogens with one attached hydrogen (secondary N) is 1. The highest BCUT2D eigenvalue weighted by atomic mass is 32.2. The highest BCUT2D eigenvalue weighted by Gasteiger charge is 2.03. The van der Waals surface area contributed by atoms with Gasteiger partial charge in [-0.25, -0.2) is 0 Å². The zero-order valence-corrected chi connectivity index (χ0v) is 9.79. The fourth-order valence-corrected chi connectivity index (χ4v) is 1.41. The van der Waals surface area contributed by atoms with Crippen molar-refractivity contribution in [1.29, 1.82) is 0 Å². The molecule has 0 aliphatic carbocycles. The number of thioether (sulfide) groups is 1. The van der Waals surface area contributed by atoms with Crippen LogP contribution in [0.2, 0.25) is 0 Å². The average molecular weight is 251 g/mol. The second-order valence-electron chi connectivity index (χ2n) is 2.93. The molecule has 0 unspecified atom stereocenters. The van der Waals surface area contributed by atoms with Crippen LogP contribution in [0.5, 0.6) is 0 Å². The van der Waals surface area contributed by atoms with Gasteiger partial charge in [-0.1, -0.05) is 0 Å². The highest BCUT2D eigenvalue weighted by molar-refractivity contribution is 8.00. The number of aliphatic hydroxyl groups is 1. The van der Waals surface area contributed by atoms with Crippen LogP contribution in [-0.4, -0.2) is 60.0 Å². The van der Waals surface area contributed by atoms with Crippen molar-refractivity contribution < 1.29 is 24.5 Å². The van der Waals surface area contributed by atoms with Gasteiger partial charge in [-0.2, -0.15) is 0 Å². The molecule has 94 valence electrons. The van der Waals surface area contributed by atoms with Gasteiger partial charge in [-0.05, 0) is 6.42 Å². The third kappa shape index (κ3) is 11.3. The van der Waals surface area contributed by atoms with E-state index in [1.807, 2.05) is 0 Å². The molecular weight excluding hydrogens is 234 g/mol. The molecule has 0 heterocycles. The van der Waals surface area contributed by atoms with Crippen LogP contribution in [0, 0.1) is 0 Å². The lowest BCUT2D eigenvalue weighted by molar-refractivity contribution is -0.133. The fraction of sp³-hybridized carbons (Fsp3) is 0.778. The van der Waals surface area contributed by atoms with E-state index in [2.05, 4.69) is 5.32 Å². The molecule has 1 amide bonds. The number of carbonyl (C=O) groups excluding carboxylic acids is 1. The van der Waals surface area contributed by atoms with Crippen molar-refractivity contribution >= 4 is 23.6 Å². The van der Waals surface area contributed by atoms with Crippen LogP contribution >= 0.6 is 11.8 Å². The number of hydrogen-bond donors (Lipinski definition) is 3. The molecule has 0 aromatic heterocycles. The van der Waals surface area contributed by atoms with Gasteiger partial charge in [0.05, 0.1) is 24.7 Å². The van der Waals surface area contributed by atoms with Crippen molar-refractivity contribution in [2.24, 2.45) is 0 Å². The maximum Gasteiger partial charge on any atom is 0.313 e. The van der Waals surface area contributed by atoms with Crippen LogP contribution in [0.25, 0.3) is 0 Å². The third-order valence-corrected chi connectivity index (χ3v) is 2.40. The minimum absolute atomic E-state index is 0.00180. The zero-order chi connectivity index (χ0) is 12.2. The van der Waals surface area contributed by atoms with E-state index in [-0.39, 0.29) is 24.0 Å². The summed E-state index contributed by atoms with van der Waals surface area (Å²) in [6.45, 7) is 1.29. The zero-order valence-electron chi connectivity index (χ0n) is 8.98. The number of aliphatic hydroxyl groups excluding tert-OH is 1. The number of ether oxygens (including phenoxy) is 1. The number of hydrogen-bond acceptors (Lipinski definition) is 5. The molecule has 0 radical (unpaired) electrons. The van der Waals surface area contributed by atoms with Crippen molar-refractivity contribution in [2.75, 3.05) is 37.9 Å². The Kier molecular flexibility index (Phi) is 10.2. The molecule has 0 aliphatic rings. The molecule has 0 spiro atoms. The van der Waals surface area contributed by atoms with Crippen LogP contribution in [0.3, 0.4) is 0 Å². The van der Waals surface area contributed by atoms with Crippen molar-refractivity contribution in [3.63, 3.8) is 0 Å². The van der Waals surface area contributed by atoms with E-state index in [4.69, 9.17) is 14.9 Å². The lowest BCUT2D eigenvalue weighted by Crippen LogP contribution is -2.27.